The average molecular weight is 612 g/mol. The van der Waals surface area contributed by atoms with Crippen molar-refractivity contribution in [1.82, 2.24) is 5.32 Å². The number of carbonyl (C=O) groups excluding carboxylic acids is 1. The summed E-state index contributed by atoms with van der Waals surface area (Å²) in [6.45, 7) is 4.01. The smallest absolute Gasteiger partial charge is 0.249 e. The topological polar surface area (TPSA) is 110 Å². The van der Waals surface area contributed by atoms with E-state index in [2.05, 4.69) is 31.3 Å². The van der Waals surface area contributed by atoms with Gasteiger partial charge < -0.3 is 25.7 Å². The normalized spacial score (nSPS) is 14.7. The van der Waals surface area contributed by atoms with E-state index in [0.29, 0.717) is 12.8 Å². The van der Waals surface area contributed by atoms with Gasteiger partial charge in [0.25, 0.3) is 0 Å². The zero-order chi connectivity index (χ0) is 31.8. The molecule has 0 aromatic carbocycles. The summed E-state index contributed by atoms with van der Waals surface area (Å²) in [5, 5.41) is 43.3. The molecule has 0 saturated carbocycles. The molecule has 43 heavy (non-hydrogen) atoms. The summed E-state index contributed by atoms with van der Waals surface area (Å²) >= 11 is 0. The first-order valence-electron chi connectivity index (χ1n) is 18.6. The van der Waals surface area contributed by atoms with Crippen molar-refractivity contribution in [3.63, 3.8) is 0 Å². The third-order valence-electron chi connectivity index (χ3n) is 8.73. The van der Waals surface area contributed by atoms with Crippen LogP contribution >= 0.6 is 0 Å². The van der Waals surface area contributed by atoms with Crippen molar-refractivity contribution in [2.75, 3.05) is 6.61 Å². The quantitative estimate of drug-likeness (QED) is 0.0377. The minimum absolute atomic E-state index is 0.367. The van der Waals surface area contributed by atoms with Gasteiger partial charge in [-0.3, -0.25) is 4.79 Å². The lowest BCUT2D eigenvalue weighted by molar-refractivity contribution is -0.132. The highest BCUT2D eigenvalue weighted by Gasteiger charge is 2.28. The molecule has 0 rings (SSSR count). The van der Waals surface area contributed by atoms with Gasteiger partial charge >= 0.3 is 0 Å². The highest BCUT2D eigenvalue weighted by molar-refractivity contribution is 5.80. The summed E-state index contributed by atoms with van der Waals surface area (Å²) in [5.41, 5.74) is 0. The van der Waals surface area contributed by atoms with Gasteiger partial charge in [-0.25, -0.2) is 0 Å². The van der Waals surface area contributed by atoms with Crippen molar-refractivity contribution < 1.29 is 25.2 Å². The molecule has 0 aromatic rings. The number of carbonyl (C=O) groups is 1. The standard InChI is InChI=1S/C37H73NO5/c1-3-5-7-9-11-13-15-17-18-19-21-23-25-27-29-31-35(41)37(43)38-33(32-39)36(42)34(40)30-28-26-24-22-20-16-14-12-10-8-6-4-2/h22,24,33-36,39-42H,3-21,23,25-32H2,1-2H3,(H,38,43)/b24-22+. The summed E-state index contributed by atoms with van der Waals surface area (Å²) in [5.74, 6) is -0.594. The number of hydrogen-bond donors (Lipinski definition) is 5. The van der Waals surface area contributed by atoms with Crippen LogP contribution in [-0.2, 0) is 4.79 Å². The van der Waals surface area contributed by atoms with E-state index in [1.807, 2.05) is 0 Å². The fraction of sp³-hybridized carbons (Fsp3) is 0.919. The summed E-state index contributed by atoms with van der Waals surface area (Å²) < 4.78 is 0. The molecular formula is C37H73NO5. The largest absolute Gasteiger partial charge is 0.394 e. The Morgan fingerprint density at radius 1 is 0.558 bits per heavy atom. The first-order valence-corrected chi connectivity index (χ1v) is 18.6. The van der Waals surface area contributed by atoms with Crippen molar-refractivity contribution in [1.29, 1.82) is 0 Å². The second-order valence-corrected chi connectivity index (χ2v) is 12.9. The minimum Gasteiger partial charge on any atom is -0.394 e. The average Bonchev–Trinajstić information content (AvgIpc) is 3.01. The predicted molar refractivity (Wildman–Crippen MR) is 182 cm³/mol. The Bertz CT molecular complexity index is 614. The summed E-state index contributed by atoms with van der Waals surface area (Å²) in [7, 11) is 0. The van der Waals surface area contributed by atoms with Gasteiger partial charge in [-0.2, -0.15) is 0 Å². The third-order valence-corrected chi connectivity index (χ3v) is 8.73. The van der Waals surface area contributed by atoms with E-state index >= 15 is 0 Å². The number of aliphatic hydroxyl groups excluding tert-OH is 4. The van der Waals surface area contributed by atoms with Crippen molar-refractivity contribution in [2.45, 2.75) is 212 Å². The van der Waals surface area contributed by atoms with E-state index in [0.717, 1.165) is 38.5 Å². The van der Waals surface area contributed by atoms with Crippen LogP contribution in [0.3, 0.4) is 0 Å². The summed E-state index contributed by atoms with van der Waals surface area (Å²) in [6, 6.07) is -0.994. The van der Waals surface area contributed by atoms with E-state index in [9.17, 15) is 25.2 Å². The van der Waals surface area contributed by atoms with Gasteiger partial charge in [0.05, 0.1) is 18.8 Å². The molecule has 0 aromatic heterocycles. The summed E-state index contributed by atoms with van der Waals surface area (Å²) in [4.78, 5) is 12.4. The number of rotatable bonds is 33. The van der Waals surface area contributed by atoms with Gasteiger partial charge in [-0.15, -0.1) is 0 Å². The second-order valence-electron chi connectivity index (χ2n) is 12.9. The van der Waals surface area contributed by atoms with Crippen LogP contribution in [0, 0.1) is 0 Å². The highest BCUT2D eigenvalue weighted by Crippen LogP contribution is 2.15. The number of aliphatic hydroxyl groups is 4. The first kappa shape index (κ1) is 42.0. The maximum absolute atomic E-state index is 12.4. The number of unbranched alkanes of at least 4 members (excludes halogenated alkanes) is 22. The lowest BCUT2D eigenvalue weighted by Gasteiger charge is -2.27. The molecular weight excluding hydrogens is 538 g/mol. The second kappa shape index (κ2) is 32.4. The fourth-order valence-corrected chi connectivity index (χ4v) is 5.70. The van der Waals surface area contributed by atoms with Crippen LogP contribution in [0.2, 0.25) is 0 Å². The Hall–Kier alpha value is -0.950. The number of hydrogen-bond acceptors (Lipinski definition) is 5. The van der Waals surface area contributed by atoms with E-state index in [-0.39, 0.29) is 0 Å². The number of amides is 1. The Balaban J connectivity index is 3.84. The van der Waals surface area contributed by atoms with Crippen LogP contribution in [0.1, 0.15) is 187 Å². The Labute approximate surface area is 266 Å². The maximum atomic E-state index is 12.4. The predicted octanol–water partition coefficient (Wildman–Crippen LogP) is 8.67. The van der Waals surface area contributed by atoms with Crippen LogP contribution in [0.4, 0.5) is 0 Å². The molecule has 4 unspecified atom stereocenters. The van der Waals surface area contributed by atoms with Crippen LogP contribution in [0.5, 0.6) is 0 Å². The lowest BCUT2D eigenvalue weighted by atomic mass is 10.00. The molecule has 6 heteroatoms. The van der Waals surface area contributed by atoms with E-state index < -0.39 is 36.9 Å². The van der Waals surface area contributed by atoms with Crippen LogP contribution in [-0.4, -0.2) is 57.3 Å². The molecule has 4 atom stereocenters. The van der Waals surface area contributed by atoms with E-state index in [4.69, 9.17) is 0 Å². The van der Waals surface area contributed by atoms with Gasteiger partial charge in [-0.1, -0.05) is 161 Å². The van der Waals surface area contributed by atoms with Crippen molar-refractivity contribution in [3.8, 4) is 0 Å². The molecule has 0 aliphatic rings. The first-order chi connectivity index (χ1) is 21.0. The molecule has 0 fully saturated rings. The molecule has 0 spiro atoms. The van der Waals surface area contributed by atoms with Gasteiger partial charge in [0.2, 0.25) is 5.91 Å². The van der Waals surface area contributed by atoms with Crippen LogP contribution in [0.15, 0.2) is 12.2 Å². The molecule has 5 N–H and O–H groups in total. The number of nitrogens with one attached hydrogen (secondary N) is 1. The van der Waals surface area contributed by atoms with Crippen molar-refractivity contribution >= 4 is 5.91 Å². The molecule has 0 aliphatic heterocycles. The third kappa shape index (κ3) is 27.1. The van der Waals surface area contributed by atoms with E-state index in [1.54, 1.807) is 0 Å². The Kier molecular flexibility index (Phi) is 31.7. The zero-order valence-electron chi connectivity index (χ0n) is 28.5. The molecule has 0 bridgehead atoms. The maximum Gasteiger partial charge on any atom is 0.249 e. The SMILES string of the molecule is CCCCCCCCC/C=C/CCCC(O)C(O)C(CO)NC(=O)C(O)CCCCCCCCCCCCCCCCC. The molecule has 0 saturated heterocycles. The Morgan fingerprint density at radius 2 is 0.953 bits per heavy atom. The van der Waals surface area contributed by atoms with Crippen molar-refractivity contribution in [3.05, 3.63) is 12.2 Å². The monoisotopic (exact) mass is 612 g/mol. The van der Waals surface area contributed by atoms with Crippen molar-refractivity contribution in [2.24, 2.45) is 0 Å². The fourth-order valence-electron chi connectivity index (χ4n) is 5.70. The Morgan fingerprint density at radius 3 is 1.40 bits per heavy atom. The molecule has 0 heterocycles. The van der Waals surface area contributed by atoms with Gasteiger partial charge in [-0.05, 0) is 38.5 Å². The molecule has 0 aliphatic carbocycles. The summed E-state index contributed by atoms with van der Waals surface area (Å²) in [6.07, 6.45) is 32.3. The van der Waals surface area contributed by atoms with E-state index in [1.165, 1.54) is 122 Å². The highest BCUT2D eigenvalue weighted by atomic mass is 16.3. The minimum atomic E-state index is -1.27. The molecule has 256 valence electrons. The van der Waals surface area contributed by atoms with Crippen LogP contribution in [0.25, 0.3) is 0 Å². The number of allylic oxidation sites excluding steroid dienone is 2. The van der Waals surface area contributed by atoms with Gasteiger partial charge in [0.15, 0.2) is 0 Å². The molecule has 0 radical (unpaired) electrons. The zero-order valence-corrected chi connectivity index (χ0v) is 28.5. The molecule has 1 amide bonds. The van der Waals surface area contributed by atoms with Gasteiger partial charge in [0.1, 0.15) is 12.2 Å². The lowest BCUT2D eigenvalue weighted by Crippen LogP contribution is -2.53. The van der Waals surface area contributed by atoms with Gasteiger partial charge in [0, 0.05) is 0 Å². The molecule has 6 nitrogen and oxygen atoms in total. The van der Waals surface area contributed by atoms with Crippen LogP contribution < -0.4 is 5.32 Å².